The predicted molar refractivity (Wildman–Crippen MR) is 22.8 cm³/mol. The Kier molecular flexibility index (Phi) is 0.957. The summed E-state index contributed by atoms with van der Waals surface area (Å²) in [4.78, 5) is 10.1. The van der Waals surface area contributed by atoms with Crippen LogP contribution >= 0.6 is 0 Å². The molecule has 1 amide bonds. The molecule has 1 aromatic heterocycles. The van der Waals surface area contributed by atoms with Crippen LogP contribution in [0.4, 0.5) is 0 Å². The summed E-state index contributed by atoms with van der Waals surface area (Å²) >= 11 is 0. The number of hydrogen-bond acceptors (Lipinski definition) is 4. The molecule has 42 valence electrons. The molecule has 5 heteroatoms. The zero-order chi connectivity index (χ0) is 5.98. The van der Waals surface area contributed by atoms with E-state index in [4.69, 9.17) is 5.73 Å². The maximum absolute atomic E-state index is 10.1. The average Bonchev–Trinajstić information content (AvgIpc) is 2.12. The normalized spacial score (nSPS) is 9.00. The van der Waals surface area contributed by atoms with Crippen molar-refractivity contribution in [3.05, 3.63) is 12.0 Å². The van der Waals surface area contributed by atoms with Crippen molar-refractivity contribution in [2.24, 2.45) is 5.73 Å². The van der Waals surface area contributed by atoms with Gasteiger partial charge in [0.05, 0.1) is 0 Å². The van der Waals surface area contributed by atoms with Crippen LogP contribution in [0, 0.1) is 0 Å². The minimum absolute atomic E-state index is 0.0463. The van der Waals surface area contributed by atoms with Gasteiger partial charge in [-0.25, -0.2) is 0 Å². The van der Waals surface area contributed by atoms with E-state index in [0.717, 1.165) is 6.26 Å². The van der Waals surface area contributed by atoms with Gasteiger partial charge in [-0.05, 0) is 0 Å². The maximum atomic E-state index is 10.1. The van der Waals surface area contributed by atoms with Crippen molar-refractivity contribution < 1.29 is 9.32 Å². The molecule has 0 saturated carbocycles. The largest absolute Gasteiger partial charge is 0.364 e. The number of carbonyl (C=O) groups excluding carboxylic acids is 1. The van der Waals surface area contributed by atoms with E-state index in [1.165, 1.54) is 0 Å². The van der Waals surface area contributed by atoms with E-state index < -0.39 is 5.91 Å². The third-order valence-corrected chi connectivity index (χ3v) is 0.612. The fraction of sp³-hybridized carbons (Fsp3) is 0. The number of nitrogens with two attached hydrogens (primary N) is 1. The highest BCUT2D eigenvalue weighted by molar-refractivity contribution is 5.89. The van der Waals surface area contributed by atoms with Crippen LogP contribution in [0.5, 0.6) is 0 Å². The van der Waals surface area contributed by atoms with Crippen LogP contribution in [0.15, 0.2) is 10.8 Å². The Morgan fingerprint density at radius 1 is 1.88 bits per heavy atom. The van der Waals surface area contributed by atoms with Gasteiger partial charge in [-0.2, -0.15) is 0 Å². The molecular weight excluding hydrogens is 110 g/mol. The molecule has 2 N–H and O–H groups in total. The SMILES string of the molecule is NC(=O)c1conn1. The minimum atomic E-state index is -0.633. The van der Waals surface area contributed by atoms with E-state index in [9.17, 15) is 4.79 Å². The van der Waals surface area contributed by atoms with Gasteiger partial charge in [0, 0.05) is 5.27 Å². The minimum Gasteiger partial charge on any atom is -0.364 e. The highest BCUT2D eigenvalue weighted by Crippen LogP contribution is 1.85. The molecule has 0 atom stereocenters. The number of aromatic nitrogens is 2. The number of hydrogen-bond donors (Lipinski definition) is 1. The van der Waals surface area contributed by atoms with Gasteiger partial charge in [0.15, 0.2) is 12.0 Å². The van der Waals surface area contributed by atoms with Gasteiger partial charge in [-0.3, -0.25) is 4.79 Å². The molecule has 0 bridgehead atoms. The molecule has 0 aliphatic heterocycles. The number of rotatable bonds is 1. The van der Waals surface area contributed by atoms with Gasteiger partial charge in [0.25, 0.3) is 5.91 Å². The van der Waals surface area contributed by atoms with Gasteiger partial charge >= 0.3 is 0 Å². The molecule has 0 aliphatic carbocycles. The lowest BCUT2D eigenvalue weighted by atomic mass is 10.5. The van der Waals surface area contributed by atoms with Crippen molar-refractivity contribution in [1.29, 1.82) is 0 Å². The van der Waals surface area contributed by atoms with E-state index >= 15 is 0 Å². The molecule has 1 aromatic rings. The second-order valence-corrected chi connectivity index (χ2v) is 1.15. The summed E-state index contributed by atoms with van der Waals surface area (Å²) in [5.74, 6) is -0.633. The summed E-state index contributed by atoms with van der Waals surface area (Å²) in [6, 6.07) is 0. The molecule has 0 fully saturated rings. The zero-order valence-corrected chi connectivity index (χ0v) is 3.87. The van der Waals surface area contributed by atoms with Crippen LogP contribution < -0.4 is 5.73 Å². The van der Waals surface area contributed by atoms with Crippen molar-refractivity contribution in [2.45, 2.75) is 0 Å². The number of carbonyl (C=O) groups is 1. The summed E-state index contributed by atoms with van der Waals surface area (Å²) in [6.45, 7) is 0. The highest BCUT2D eigenvalue weighted by atomic mass is 16.5. The molecule has 0 saturated heterocycles. The Labute approximate surface area is 44.5 Å². The summed E-state index contributed by atoms with van der Waals surface area (Å²) in [7, 11) is 0. The molecule has 0 aliphatic rings. The lowest BCUT2D eigenvalue weighted by Gasteiger charge is -1.75. The van der Waals surface area contributed by atoms with E-state index in [2.05, 4.69) is 14.9 Å². The monoisotopic (exact) mass is 113 g/mol. The van der Waals surface area contributed by atoms with Crippen molar-refractivity contribution in [1.82, 2.24) is 10.4 Å². The second kappa shape index (κ2) is 1.61. The van der Waals surface area contributed by atoms with E-state index in [0.29, 0.717) is 0 Å². The van der Waals surface area contributed by atoms with Crippen molar-refractivity contribution in [3.63, 3.8) is 0 Å². The Bertz CT molecular complexity index is 180. The first kappa shape index (κ1) is 4.76. The molecular formula is C3H3N3O2. The third kappa shape index (κ3) is 0.651. The van der Waals surface area contributed by atoms with E-state index in [1.54, 1.807) is 0 Å². The van der Waals surface area contributed by atoms with Crippen LogP contribution in [0.3, 0.4) is 0 Å². The summed E-state index contributed by atoms with van der Waals surface area (Å²) in [5, 5.41) is 6.24. The lowest BCUT2D eigenvalue weighted by molar-refractivity contribution is 0.0995. The van der Waals surface area contributed by atoms with Gasteiger partial charge in [0.2, 0.25) is 0 Å². The van der Waals surface area contributed by atoms with E-state index in [-0.39, 0.29) is 5.69 Å². The van der Waals surface area contributed by atoms with Crippen LogP contribution in [0.1, 0.15) is 10.5 Å². The third-order valence-electron chi connectivity index (χ3n) is 0.612. The van der Waals surface area contributed by atoms with Crippen molar-refractivity contribution in [2.75, 3.05) is 0 Å². The molecule has 0 aromatic carbocycles. The van der Waals surface area contributed by atoms with Crippen molar-refractivity contribution >= 4 is 5.91 Å². The van der Waals surface area contributed by atoms with Crippen LogP contribution in [0.25, 0.3) is 0 Å². The summed E-state index contributed by atoms with van der Waals surface area (Å²) in [6.07, 6.45) is 1.09. The highest BCUT2D eigenvalue weighted by Gasteiger charge is 2.01. The van der Waals surface area contributed by atoms with Crippen LogP contribution in [-0.2, 0) is 0 Å². The first-order valence-corrected chi connectivity index (χ1v) is 1.87. The predicted octanol–water partition coefficient (Wildman–Crippen LogP) is -0.832. The lowest BCUT2D eigenvalue weighted by Crippen LogP contribution is -2.10. The molecule has 1 rings (SSSR count). The number of amides is 1. The number of primary amides is 1. The Hall–Kier alpha value is -1.39. The zero-order valence-electron chi connectivity index (χ0n) is 3.87. The topological polar surface area (TPSA) is 82.0 Å². The molecule has 0 unspecified atom stereocenters. The molecule has 5 nitrogen and oxygen atoms in total. The molecule has 0 spiro atoms. The quantitative estimate of drug-likeness (QED) is 0.515. The Morgan fingerprint density at radius 3 is 2.88 bits per heavy atom. The van der Waals surface area contributed by atoms with Gasteiger partial charge in [-0.1, -0.05) is 0 Å². The fourth-order valence-corrected chi connectivity index (χ4v) is 0.272. The molecule has 1 heterocycles. The Morgan fingerprint density at radius 2 is 2.62 bits per heavy atom. The molecule has 0 radical (unpaired) electrons. The van der Waals surface area contributed by atoms with Crippen LogP contribution in [0.2, 0.25) is 0 Å². The fourth-order valence-electron chi connectivity index (χ4n) is 0.272. The first-order chi connectivity index (χ1) is 3.80. The van der Waals surface area contributed by atoms with Crippen LogP contribution in [-0.4, -0.2) is 16.3 Å². The average molecular weight is 113 g/mol. The number of nitrogens with zero attached hydrogens (tertiary/aromatic N) is 2. The van der Waals surface area contributed by atoms with Gasteiger partial charge < -0.3 is 10.3 Å². The maximum Gasteiger partial charge on any atom is 0.272 e. The van der Waals surface area contributed by atoms with Crippen molar-refractivity contribution in [3.8, 4) is 0 Å². The first-order valence-electron chi connectivity index (χ1n) is 1.87. The smallest absolute Gasteiger partial charge is 0.272 e. The van der Waals surface area contributed by atoms with E-state index in [1.807, 2.05) is 0 Å². The standard InChI is InChI=1S/C3H3N3O2/c4-3(7)2-1-8-6-5-2/h1H,(H2,4,7). The molecule has 8 heavy (non-hydrogen) atoms. The summed E-state index contributed by atoms with van der Waals surface area (Å²) in [5.41, 5.74) is 4.80. The van der Waals surface area contributed by atoms with Gasteiger partial charge in [-0.15, -0.1) is 5.10 Å². The summed E-state index contributed by atoms with van der Waals surface area (Å²) < 4.78 is 4.21. The second-order valence-electron chi connectivity index (χ2n) is 1.15. The Balaban J connectivity index is 2.93. The van der Waals surface area contributed by atoms with Gasteiger partial charge in [0.1, 0.15) is 0 Å².